The van der Waals surface area contributed by atoms with Crippen LogP contribution in [0, 0.1) is 0 Å². The van der Waals surface area contributed by atoms with E-state index >= 15 is 0 Å². The third kappa shape index (κ3) is 5.95. The third-order valence-corrected chi connectivity index (χ3v) is 4.13. The number of ether oxygens (including phenoxy) is 4. The van der Waals surface area contributed by atoms with E-state index in [2.05, 4.69) is 0 Å². The molecule has 7 nitrogen and oxygen atoms in total. The minimum absolute atomic E-state index is 0.0367. The van der Waals surface area contributed by atoms with Crippen LogP contribution in [0.2, 0.25) is 0 Å². The maximum Gasteiger partial charge on any atom is 0.343 e. The minimum atomic E-state index is -0.607. The molecule has 0 radical (unpaired) electrons. The fourth-order valence-corrected chi connectivity index (χ4v) is 2.78. The number of halogens is 1. The monoisotopic (exact) mass is 411 g/mol. The molecule has 1 aromatic carbocycles. The van der Waals surface area contributed by atoms with Crippen LogP contribution in [0.4, 0.5) is 0 Å². The summed E-state index contributed by atoms with van der Waals surface area (Å²) in [6, 6.07) is 5.17. The first kappa shape index (κ1) is 22.2. The van der Waals surface area contributed by atoms with Gasteiger partial charge in [-0.3, -0.25) is 4.79 Å². The van der Waals surface area contributed by atoms with Crippen molar-refractivity contribution >= 4 is 28.5 Å². The summed E-state index contributed by atoms with van der Waals surface area (Å²) in [4.78, 5) is 24.7. The Morgan fingerprint density at radius 3 is 2.46 bits per heavy atom. The lowest BCUT2D eigenvalue weighted by molar-refractivity contribution is 0.0410. The topological polar surface area (TPSA) is 76.0 Å². The van der Waals surface area contributed by atoms with E-state index < -0.39 is 5.97 Å². The van der Waals surface area contributed by atoms with Crippen molar-refractivity contribution in [3.63, 3.8) is 0 Å². The van der Waals surface area contributed by atoms with Crippen LogP contribution in [0.5, 0.6) is 5.75 Å². The summed E-state index contributed by atoms with van der Waals surface area (Å²) in [5.41, 5.74) is 0.396. The van der Waals surface area contributed by atoms with Gasteiger partial charge in [0.15, 0.2) is 0 Å². The van der Waals surface area contributed by atoms with Gasteiger partial charge in [0.05, 0.1) is 38.6 Å². The van der Waals surface area contributed by atoms with Crippen molar-refractivity contribution in [3.05, 3.63) is 40.2 Å². The molecule has 1 aromatic heterocycles. The molecule has 154 valence electrons. The van der Waals surface area contributed by atoms with E-state index in [1.807, 2.05) is 11.5 Å². The van der Waals surface area contributed by atoms with Crippen molar-refractivity contribution < 1.29 is 23.7 Å². The molecule has 28 heavy (non-hydrogen) atoms. The molecule has 0 fully saturated rings. The van der Waals surface area contributed by atoms with Gasteiger partial charge in [-0.15, -0.1) is 11.6 Å². The van der Waals surface area contributed by atoms with E-state index in [1.165, 1.54) is 6.20 Å². The number of hydrogen-bond donors (Lipinski definition) is 0. The molecule has 0 amide bonds. The second kappa shape index (κ2) is 11.7. The summed E-state index contributed by atoms with van der Waals surface area (Å²) < 4.78 is 23.1. The molecule has 0 aliphatic carbocycles. The van der Waals surface area contributed by atoms with Crippen molar-refractivity contribution in [2.45, 2.75) is 20.4 Å². The predicted molar refractivity (Wildman–Crippen MR) is 108 cm³/mol. The lowest BCUT2D eigenvalue weighted by Crippen LogP contribution is -2.20. The number of alkyl halides is 1. The molecule has 0 spiro atoms. The van der Waals surface area contributed by atoms with Crippen LogP contribution < -0.4 is 10.2 Å². The van der Waals surface area contributed by atoms with Gasteiger partial charge in [-0.05, 0) is 26.0 Å². The molecule has 2 rings (SSSR count). The Morgan fingerprint density at radius 2 is 1.79 bits per heavy atom. The number of nitrogens with zero attached hydrogens (tertiary/aromatic N) is 1. The highest BCUT2D eigenvalue weighted by atomic mass is 35.5. The highest BCUT2D eigenvalue weighted by molar-refractivity contribution is 6.17. The van der Waals surface area contributed by atoms with Crippen molar-refractivity contribution in [1.29, 1.82) is 0 Å². The van der Waals surface area contributed by atoms with Gasteiger partial charge in [0.25, 0.3) is 0 Å². The highest BCUT2D eigenvalue weighted by Crippen LogP contribution is 2.20. The van der Waals surface area contributed by atoms with Gasteiger partial charge in [0.2, 0.25) is 5.43 Å². The molecule has 0 N–H and O–H groups in total. The van der Waals surface area contributed by atoms with Gasteiger partial charge >= 0.3 is 5.97 Å². The molecule has 8 heteroatoms. The number of fused-ring (bicyclic) bond motifs is 1. The first-order valence-electron chi connectivity index (χ1n) is 9.30. The summed E-state index contributed by atoms with van der Waals surface area (Å²) in [6.07, 6.45) is 1.54. The number of pyridine rings is 1. The van der Waals surface area contributed by atoms with E-state index in [0.29, 0.717) is 62.1 Å². The van der Waals surface area contributed by atoms with Gasteiger partial charge < -0.3 is 23.5 Å². The largest absolute Gasteiger partial charge is 0.491 e. The maximum atomic E-state index is 12.6. The molecule has 0 atom stereocenters. The quantitative estimate of drug-likeness (QED) is 0.303. The molecule has 0 saturated heterocycles. The van der Waals surface area contributed by atoms with Crippen LogP contribution in [0.15, 0.2) is 29.2 Å². The van der Waals surface area contributed by atoms with Crippen molar-refractivity contribution in [2.75, 3.05) is 45.5 Å². The molecule has 0 aliphatic heterocycles. The molecule has 2 aromatic rings. The number of carbonyl (C=O) groups is 1. The Morgan fingerprint density at radius 1 is 1.07 bits per heavy atom. The second-order valence-electron chi connectivity index (χ2n) is 5.82. The zero-order valence-corrected chi connectivity index (χ0v) is 17.0. The predicted octanol–water partition coefficient (Wildman–Crippen LogP) is 2.85. The number of hydrogen-bond acceptors (Lipinski definition) is 6. The van der Waals surface area contributed by atoms with Crippen molar-refractivity contribution in [1.82, 2.24) is 4.57 Å². The standard InChI is InChI=1S/C20H26ClNO6/c1-3-22-14-17(20(24)27-4-2)19(23)16-6-5-15(13-18(16)22)28-12-11-26-10-9-25-8-7-21/h5-6,13-14H,3-4,7-12H2,1-2H3. The number of aromatic nitrogens is 1. The van der Waals surface area contributed by atoms with Crippen LogP contribution >= 0.6 is 11.6 Å². The van der Waals surface area contributed by atoms with Gasteiger partial charge in [-0.25, -0.2) is 4.79 Å². The second-order valence-corrected chi connectivity index (χ2v) is 6.20. The summed E-state index contributed by atoms with van der Waals surface area (Å²) in [5.74, 6) is 0.485. The molecular weight excluding hydrogens is 386 g/mol. The number of esters is 1. The Bertz CT molecular complexity index is 835. The lowest BCUT2D eigenvalue weighted by atomic mass is 10.1. The van der Waals surface area contributed by atoms with E-state index in [4.69, 9.17) is 30.5 Å². The molecular formula is C20H26ClNO6. The van der Waals surface area contributed by atoms with Gasteiger partial charge in [-0.2, -0.15) is 0 Å². The molecule has 0 bridgehead atoms. The zero-order chi connectivity index (χ0) is 20.4. The fraction of sp³-hybridized carbons (Fsp3) is 0.500. The number of aryl methyl sites for hydroxylation is 1. The fourth-order valence-electron chi connectivity index (χ4n) is 2.67. The zero-order valence-electron chi connectivity index (χ0n) is 16.2. The van der Waals surface area contributed by atoms with Gasteiger partial charge in [-0.1, -0.05) is 0 Å². The van der Waals surface area contributed by atoms with Crippen LogP contribution in [0.3, 0.4) is 0 Å². The Balaban J connectivity index is 2.05. The smallest absolute Gasteiger partial charge is 0.343 e. The minimum Gasteiger partial charge on any atom is -0.491 e. The first-order chi connectivity index (χ1) is 13.6. The third-order valence-electron chi connectivity index (χ3n) is 3.98. The first-order valence-corrected chi connectivity index (χ1v) is 9.84. The summed E-state index contributed by atoms with van der Waals surface area (Å²) in [5, 5.41) is 0.451. The SMILES string of the molecule is CCOC(=O)c1cn(CC)c2cc(OCCOCCOCCCl)ccc2c1=O. The number of benzene rings is 1. The average molecular weight is 412 g/mol. The summed E-state index contributed by atoms with van der Waals surface area (Å²) in [7, 11) is 0. The average Bonchev–Trinajstić information content (AvgIpc) is 2.70. The molecule has 0 unspecified atom stereocenters. The number of carbonyl (C=O) groups excluding carboxylic acids is 1. The van der Waals surface area contributed by atoms with E-state index in [-0.39, 0.29) is 17.6 Å². The van der Waals surface area contributed by atoms with E-state index in [9.17, 15) is 9.59 Å². The highest BCUT2D eigenvalue weighted by Gasteiger charge is 2.16. The van der Waals surface area contributed by atoms with Crippen LogP contribution in [-0.2, 0) is 20.8 Å². The molecule has 0 aliphatic rings. The van der Waals surface area contributed by atoms with Crippen LogP contribution in [0.25, 0.3) is 10.9 Å². The Labute approximate surface area is 169 Å². The van der Waals surface area contributed by atoms with Crippen LogP contribution in [-0.4, -0.2) is 56.1 Å². The maximum absolute atomic E-state index is 12.6. The van der Waals surface area contributed by atoms with E-state index in [0.717, 1.165) is 0 Å². The molecule has 0 saturated carbocycles. The summed E-state index contributed by atoms with van der Waals surface area (Å²) in [6.45, 7) is 6.73. The molecule has 1 heterocycles. The number of rotatable bonds is 12. The Kier molecular flexibility index (Phi) is 9.27. The van der Waals surface area contributed by atoms with Crippen molar-refractivity contribution in [2.24, 2.45) is 0 Å². The Hall–Kier alpha value is -2.09. The lowest BCUT2D eigenvalue weighted by Gasteiger charge is -2.13. The van der Waals surface area contributed by atoms with Crippen molar-refractivity contribution in [3.8, 4) is 5.75 Å². The summed E-state index contributed by atoms with van der Waals surface area (Å²) >= 11 is 5.51. The van der Waals surface area contributed by atoms with E-state index in [1.54, 1.807) is 25.1 Å². The normalized spacial score (nSPS) is 11.0. The van der Waals surface area contributed by atoms with Gasteiger partial charge in [0.1, 0.15) is 17.9 Å². The van der Waals surface area contributed by atoms with Crippen LogP contribution in [0.1, 0.15) is 24.2 Å². The van der Waals surface area contributed by atoms with Gasteiger partial charge in [0, 0.05) is 30.1 Å².